The molecule has 0 heterocycles. The molecule has 266 valence electrons. The third-order valence-corrected chi connectivity index (χ3v) is 12.1. The molecule has 0 aromatic heterocycles. The fraction of sp³-hybridized carbons (Fsp3) is 0.0175. The number of benzene rings is 10. The first-order chi connectivity index (χ1) is 28.3. The third kappa shape index (κ3) is 5.29. The summed E-state index contributed by atoms with van der Waals surface area (Å²) in [5.41, 5.74) is 16.9. The van der Waals surface area contributed by atoms with Gasteiger partial charge < -0.3 is 0 Å². The van der Waals surface area contributed by atoms with Crippen LogP contribution in [-0.2, 0) is 5.41 Å². The summed E-state index contributed by atoms with van der Waals surface area (Å²) >= 11 is 0. The largest absolute Gasteiger partial charge is 0.0714 e. The normalized spacial score (nSPS) is 12.7. The zero-order valence-electron chi connectivity index (χ0n) is 31.4. The molecule has 0 spiro atoms. The summed E-state index contributed by atoms with van der Waals surface area (Å²) in [5.74, 6) is 0. The standard InChI is InChI=1S/C57H38/c1-5-18-39(19-6-1)43-34-44(40-20-7-2-8-21-40)36-45(35-43)53-38-55-56(51-30-16-15-29-50(51)53)52-33-32-42(49-31-17-23-41-22-13-14-28-48(41)49)37-54(52)57(55,46-24-9-3-10-25-46)47-26-11-4-12-27-47/h1-38H. The average Bonchev–Trinajstić information content (AvgIpc) is 3.60. The zero-order chi connectivity index (χ0) is 37.8. The van der Waals surface area contributed by atoms with Crippen molar-refractivity contribution in [2.45, 2.75) is 5.41 Å². The summed E-state index contributed by atoms with van der Waals surface area (Å²) in [6.45, 7) is 0. The van der Waals surface area contributed by atoms with Gasteiger partial charge in [0.2, 0.25) is 0 Å². The van der Waals surface area contributed by atoms with Gasteiger partial charge in [-0.15, -0.1) is 0 Å². The monoisotopic (exact) mass is 722 g/mol. The quantitative estimate of drug-likeness (QED) is 0.160. The van der Waals surface area contributed by atoms with E-state index < -0.39 is 5.41 Å². The minimum atomic E-state index is -0.578. The molecular formula is C57H38. The maximum absolute atomic E-state index is 2.54. The second-order valence-electron chi connectivity index (χ2n) is 15.2. The number of fused-ring (bicyclic) bond motifs is 6. The SMILES string of the molecule is c1ccc(-c2cc(-c3ccccc3)cc(-c3cc4c(c5ccccc35)-c3ccc(-c5cccc6ccccc56)cc3C4(c3ccccc3)c3ccccc3)c2)cc1. The van der Waals surface area contributed by atoms with Gasteiger partial charge in [0.05, 0.1) is 5.41 Å². The lowest BCUT2D eigenvalue weighted by Gasteiger charge is -2.34. The highest BCUT2D eigenvalue weighted by Crippen LogP contribution is 2.59. The Kier molecular flexibility index (Phi) is 7.83. The lowest BCUT2D eigenvalue weighted by Crippen LogP contribution is -2.28. The van der Waals surface area contributed by atoms with Crippen molar-refractivity contribution in [3.8, 4) is 55.6 Å². The molecule has 0 fully saturated rings. The Hall–Kier alpha value is -7.28. The van der Waals surface area contributed by atoms with E-state index in [0.29, 0.717) is 0 Å². The summed E-state index contributed by atoms with van der Waals surface area (Å²) in [7, 11) is 0. The van der Waals surface area contributed by atoms with Crippen LogP contribution < -0.4 is 0 Å². The number of hydrogen-bond acceptors (Lipinski definition) is 0. The van der Waals surface area contributed by atoms with E-state index in [1.165, 1.54) is 99.4 Å². The lowest BCUT2D eigenvalue weighted by molar-refractivity contribution is 0.769. The van der Waals surface area contributed by atoms with Crippen molar-refractivity contribution in [3.63, 3.8) is 0 Å². The van der Waals surface area contributed by atoms with Crippen LogP contribution in [0.5, 0.6) is 0 Å². The van der Waals surface area contributed by atoms with Crippen molar-refractivity contribution in [2.75, 3.05) is 0 Å². The van der Waals surface area contributed by atoms with E-state index >= 15 is 0 Å². The van der Waals surface area contributed by atoms with Crippen molar-refractivity contribution in [2.24, 2.45) is 0 Å². The highest BCUT2D eigenvalue weighted by Gasteiger charge is 2.47. The van der Waals surface area contributed by atoms with Crippen LogP contribution in [0.15, 0.2) is 231 Å². The van der Waals surface area contributed by atoms with Crippen LogP contribution >= 0.6 is 0 Å². The number of hydrogen-bond donors (Lipinski definition) is 0. The summed E-state index contributed by atoms with van der Waals surface area (Å²) in [6.07, 6.45) is 0. The molecule has 1 aliphatic carbocycles. The van der Waals surface area contributed by atoms with Gasteiger partial charge in [-0.1, -0.05) is 200 Å². The minimum absolute atomic E-state index is 0.578. The van der Waals surface area contributed by atoms with Crippen LogP contribution in [0, 0.1) is 0 Å². The topological polar surface area (TPSA) is 0 Å². The molecule has 0 atom stereocenters. The second-order valence-corrected chi connectivity index (χ2v) is 15.2. The molecule has 0 radical (unpaired) electrons. The smallest absolute Gasteiger partial charge is 0.0622 e. The first-order valence-electron chi connectivity index (χ1n) is 19.8. The molecular weight excluding hydrogens is 685 g/mol. The Morgan fingerprint density at radius 2 is 0.754 bits per heavy atom. The molecule has 10 aromatic carbocycles. The molecule has 11 rings (SSSR count). The Labute approximate surface area is 334 Å². The molecule has 0 unspecified atom stereocenters. The molecule has 0 N–H and O–H groups in total. The van der Waals surface area contributed by atoms with Crippen molar-refractivity contribution >= 4 is 21.5 Å². The highest BCUT2D eigenvalue weighted by molar-refractivity contribution is 6.11. The zero-order valence-corrected chi connectivity index (χ0v) is 31.4. The van der Waals surface area contributed by atoms with E-state index in [4.69, 9.17) is 0 Å². The van der Waals surface area contributed by atoms with E-state index in [9.17, 15) is 0 Å². The van der Waals surface area contributed by atoms with Gasteiger partial charge in [-0.25, -0.2) is 0 Å². The highest BCUT2D eigenvalue weighted by atomic mass is 14.5. The van der Waals surface area contributed by atoms with Gasteiger partial charge in [-0.3, -0.25) is 0 Å². The van der Waals surface area contributed by atoms with E-state index in [2.05, 4.69) is 231 Å². The van der Waals surface area contributed by atoms with Crippen LogP contribution in [0.25, 0.3) is 77.2 Å². The predicted molar refractivity (Wildman–Crippen MR) is 241 cm³/mol. The Morgan fingerprint density at radius 1 is 0.246 bits per heavy atom. The first-order valence-corrected chi connectivity index (χ1v) is 19.8. The summed E-state index contributed by atoms with van der Waals surface area (Å²) in [5, 5.41) is 5.03. The molecule has 1 aliphatic rings. The fourth-order valence-corrected chi connectivity index (χ4v) is 9.60. The van der Waals surface area contributed by atoms with E-state index in [-0.39, 0.29) is 0 Å². The van der Waals surface area contributed by atoms with Crippen LogP contribution in [0.2, 0.25) is 0 Å². The van der Waals surface area contributed by atoms with Crippen molar-refractivity contribution in [1.29, 1.82) is 0 Å². The van der Waals surface area contributed by atoms with E-state index in [0.717, 1.165) is 0 Å². The minimum Gasteiger partial charge on any atom is -0.0622 e. The summed E-state index contributed by atoms with van der Waals surface area (Å²) in [4.78, 5) is 0. The molecule has 0 saturated carbocycles. The molecule has 57 heavy (non-hydrogen) atoms. The maximum Gasteiger partial charge on any atom is 0.0714 e. The van der Waals surface area contributed by atoms with Crippen molar-refractivity contribution < 1.29 is 0 Å². The maximum atomic E-state index is 2.54. The Balaban J connectivity index is 1.26. The van der Waals surface area contributed by atoms with Gasteiger partial charge in [0.25, 0.3) is 0 Å². The molecule has 0 saturated heterocycles. The van der Waals surface area contributed by atoms with Crippen LogP contribution in [-0.4, -0.2) is 0 Å². The Bertz CT molecular complexity index is 2980. The average molecular weight is 723 g/mol. The van der Waals surface area contributed by atoms with Gasteiger partial charge >= 0.3 is 0 Å². The predicted octanol–water partition coefficient (Wildman–Crippen LogP) is 15.0. The molecule has 0 aliphatic heterocycles. The fourth-order valence-electron chi connectivity index (χ4n) is 9.60. The van der Waals surface area contributed by atoms with Crippen LogP contribution in [0.3, 0.4) is 0 Å². The first kappa shape index (κ1) is 33.1. The Morgan fingerprint density at radius 3 is 1.39 bits per heavy atom. The molecule has 0 bridgehead atoms. The second kappa shape index (κ2) is 13.5. The van der Waals surface area contributed by atoms with Crippen LogP contribution in [0.4, 0.5) is 0 Å². The molecule has 0 heteroatoms. The number of rotatable bonds is 6. The van der Waals surface area contributed by atoms with Gasteiger partial charge in [0.1, 0.15) is 0 Å². The molecule has 10 aromatic rings. The third-order valence-electron chi connectivity index (χ3n) is 12.1. The summed E-state index contributed by atoms with van der Waals surface area (Å²) < 4.78 is 0. The van der Waals surface area contributed by atoms with Crippen molar-refractivity contribution in [1.82, 2.24) is 0 Å². The van der Waals surface area contributed by atoms with Gasteiger partial charge in [-0.05, 0) is 130 Å². The van der Waals surface area contributed by atoms with Crippen molar-refractivity contribution in [3.05, 3.63) is 253 Å². The van der Waals surface area contributed by atoms with E-state index in [1.807, 2.05) is 0 Å². The van der Waals surface area contributed by atoms with Crippen LogP contribution in [0.1, 0.15) is 22.3 Å². The lowest BCUT2D eigenvalue weighted by atomic mass is 9.67. The van der Waals surface area contributed by atoms with E-state index in [1.54, 1.807) is 0 Å². The summed E-state index contributed by atoms with van der Waals surface area (Å²) in [6, 6.07) is 85.3. The van der Waals surface area contributed by atoms with Gasteiger partial charge in [0.15, 0.2) is 0 Å². The molecule has 0 nitrogen and oxygen atoms in total. The molecule has 0 amide bonds. The van der Waals surface area contributed by atoms with Gasteiger partial charge in [0, 0.05) is 0 Å². The van der Waals surface area contributed by atoms with Gasteiger partial charge in [-0.2, -0.15) is 0 Å².